The lowest BCUT2D eigenvalue weighted by atomic mass is 10.2. The van der Waals surface area contributed by atoms with Crippen molar-refractivity contribution in [2.45, 2.75) is 19.8 Å². The molecule has 4 rings (SSSR count). The highest BCUT2D eigenvalue weighted by Crippen LogP contribution is 2.37. The number of imide groups is 1. The van der Waals surface area contributed by atoms with Crippen molar-refractivity contribution in [2.75, 3.05) is 26.4 Å². The third-order valence-corrected chi connectivity index (χ3v) is 6.23. The summed E-state index contributed by atoms with van der Waals surface area (Å²) in [6.07, 6.45) is 2.69. The molecule has 4 amide bonds. The van der Waals surface area contributed by atoms with E-state index >= 15 is 0 Å². The second kappa shape index (κ2) is 9.01. The highest BCUT2D eigenvalue weighted by atomic mass is 32.2. The van der Waals surface area contributed by atoms with Gasteiger partial charge in [-0.1, -0.05) is 13.0 Å². The summed E-state index contributed by atoms with van der Waals surface area (Å²) in [6.45, 7) is 2.69. The second-order valence-corrected chi connectivity index (χ2v) is 8.65. The van der Waals surface area contributed by atoms with Crippen LogP contribution < -0.4 is 20.1 Å². The molecule has 164 valence electrons. The van der Waals surface area contributed by atoms with Gasteiger partial charge in [-0.3, -0.25) is 24.1 Å². The van der Waals surface area contributed by atoms with Crippen LogP contribution in [0.15, 0.2) is 23.1 Å². The molecule has 10 heteroatoms. The first-order valence-corrected chi connectivity index (χ1v) is 10.9. The zero-order valence-corrected chi connectivity index (χ0v) is 17.8. The molecule has 0 bridgehead atoms. The van der Waals surface area contributed by atoms with Crippen LogP contribution in [0.2, 0.25) is 0 Å². The summed E-state index contributed by atoms with van der Waals surface area (Å²) in [5.41, 5.74) is 0.727. The van der Waals surface area contributed by atoms with Gasteiger partial charge in [0.05, 0.1) is 4.91 Å². The largest absolute Gasteiger partial charge is 0.454 e. The van der Waals surface area contributed by atoms with Crippen LogP contribution in [-0.4, -0.2) is 54.3 Å². The number of carbonyl (C=O) groups excluding carboxylic acids is 4. The number of amides is 4. The molecule has 0 spiro atoms. The molecule has 2 fully saturated rings. The Balaban J connectivity index is 1.22. The molecule has 1 aromatic carbocycles. The highest BCUT2D eigenvalue weighted by Gasteiger charge is 2.38. The Morgan fingerprint density at radius 2 is 1.97 bits per heavy atom. The normalized spacial score (nSPS) is 22.7. The predicted octanol–water partition coefficient (Wildman–Crippen LogP) is 1.73. The maximum atomic E-state index is 12.6. The minimum Gasteiger partial charge on any atom is -0.454 e. The van der Waals surface area contributed by atoms with Crippen LogP contribution in [0.3, 0.4) is 0 Å². The lowest BCUT2D eigenvalue weighted by Gasteiger charge is -2.13. The van der Waals surface area contributed by atoms with Crippen molar-refractivity contribution in [3.63, 3.8) is 0 Å². The van der Waals surface area contributed by atoms with Gasteiger partial charge in [-0.05, 0) is 47.9 Å². The molecule has 2 atom stereocenters. The van der Waals surface area contributed by atoms with Crippen LogP contribution in [0.1, 0.15) is 25.3 Å². The topological polar surface area (TPSA) is 114 Å². The van der Waals surface area contributed by atoms with Crippen molar-refractivity contribution in [1.29, 1.82) is 0 Å². The standard InChI is InChI=1S/C21H23N3O6S/c1-12-8-14(12)19(26)23-5-4-18(25)22-6-7-24-20(27)17(31-21(24)28)10-13-2-3-15-16(9-13)30-11-29-15/h2-3,9-10,12,14H,4-8,11H2,1H3,(H,22,25)(H,23,26)/b17-10-. The van der Waals surface area contributed by atoms with Crippen molar-refractivity contribution >= 4 is 40.8 Å². The average molecular weight is 445 g/mol. The summed E-state index contributed by atoms with van der Waals surface area (Å²) >= 11 is 0.861. The number of nitrogens with one attached hydrogen (secondary N) is 2. The average Bonchev–Trinajstić information content (AvgIpc) is 3.18. The zero-order valence-electron chi connectivity index (χ0n) is 17.0. The monoisotopic (exact) mass is 445 g/mol. The van der Waals surface area contributed by atoms with E-state index in [9.17, 15) is 19.2 Å². The van der Waals surface area contributed by atoms with E-state index in [-0.39, 0.29) is 55.8 Å². The molecule has 31 heavy (non-hydrogen) atoms. The Kier molecular flexibility index (Phi) is 6.17. The summed E-state index contributed by atoms with van der Waals surface area (Å²) < 4.78 is 10.6. The van der Waals surface area contributed by atoms with Gasteiger partial charge in [0.15, 0.2) is 11.5 Å². The molecule has 2 N–H and O–H groups in total. The summed E-state index contributed by atoms with van der Waals surface area (Å²) in [5, 5.41) is 5.05. The maximum absolute atomic E-state index is 12.6. The fourth-order valence-corrected chi connectivity index (χ4v) is 4.23. The molecule has 0 aromatic heterocycles. The second-order valence-electron chi connectivity index (χ2n) is 7.66. The van der Waals surface area contributed by atoms with Crippen LogP contribution in [0.4, 0.5) is 4.79 Å². The summed E-state index contributed by atoms with van der Waals surface area (Å²) in [7, 11) is 0. The van der Waals surface area contributed by atoms with Crippen molar-refractivity contribution in [2.24, 2.45) is 11.8 Å². The van der Waals surface area contributed by atoms with Crippen LogP contribution >= 0.6 is 11.8 Å². The van der Waals surface area contributed by atoms with E-state index in [1.54, 1.807) is 24.3 Å². The molecule has 2 heterocycles. The highest BCUT2D eigenvalue weighted by molar-refractivity contribution is 8.18. The summed E-state index contributed by atoms with van der Waals surface area (Å²) in [6, 6.07) is 5.28. The molecule has 1 aliphatic carbocycles. The molecule has 9 nitrogen and oxygen atoms in total. The number of hydrogen-bond acceptors (Lipinski definition) is 7. The van der Waals surface area contributed by atoms with Gasteiger partial charge in [0.1, 0.15) is 0 Å². The van der Waals surface area contributed by atoms with Gasteiger partial charge < -0.3 is 20.1 Å². The number of ether oxygens (including phenoxy) is 2. The lowest BCUT2D eigenvalue weighted by Crippen LogP contribution is -2.38. The van der Waals surface area contributed by atoms with Gasteiger partial charge in [-0.2, -0.15) is 0 Å². The number of hydrogen-bond donors (Lipinski definition) is 2. The number of thioether (sulfide) groups is 1. The molecular formula is C21H23N3O6S. The Morgan fingerprint density at radius 3 is 2.74 bits per heavy atom. The molecule has 2 unspecified atom stereocenters. The van der Waals surface area contributed by atoms with E-state index in [0.29, 0.717) is 22.3 Å². The first-order chi connectivity index (χ1) is 14.9. The van der Waals surface area contributed by atoms with E-state index in [2.05, 4.69) is 10.6 Å². The summed E-state index contributed by atoms with van der Waals surface area (Å²) in [5.74, 6) is 1.09. The van der Waals surface area contributed by atoms with E-state index in [0.717, 1.165) is 28.6 Å². The Labute approximate surface area is 183 Å². The third kappa shape index (κ3) is 5.01. The number of benzene rings is 1. The van der Waals surface area contributed by atoms with Gasteiger partial charge in [0, 0.05) is 32.0 Å². The minimum absolute atomic E-state index is 0.00707. The SMILES string of the molecule is CC1CC1C(=O)NCCC(=O)NCCN1C(=O)S/C(=C\c2ccc3c(c2)OCO3)C1=O. The first-order valence-electron chi connectivity index (χ1n) is 10.1. The Morgan fingerprint density at radius 1 is 1.19 bits per heavy atom. The van der Waals surface area contributed by atoms with Gasteiger partial charge in [0.25, 0.3) is 11.1 Å². The molecular weight excluding hydrogens is 422 g/mol. The maximum Gasteiger partial charge on any atom is 0.293 e. The fraction of sp³-hybridized carbons (Fsp3) is 0.429. The van der Waals surface area contributed by atoms with Gasteiger partial charge in [-0.25, -0.2) is 0 Å². The molecule has 3 aliphatic rings. The quantitative estimate of drug-likeness (QED) is 0.586. The smallest absolute Gasteiger partial charge is 0.293 e. The Hall–Kier alpha value is -3.01. The predicted molar refractivity (Wildman–Crippen MR) is 113 cm³/mol. The Bertz CT molecular complexity index is 962. The van der Waals surface area contributed by atoms with Crippen molar-refractivity contribution in [3.8, 4) is 11.5 Å². The van der Waals surface area contributed by atoms with E-state index < -0.39 is 5.91 Å². The third-order valence-electron chi connectivity index (χ3n) is 5.32. The molecule has 1 saturated heterocycles. The number of rotatable bonds is 8. The fourth-order valence-electron chi connectivity index (χ4n) is 3.36. The van der Waals surface area contributed by atoms with Crippen molar-refractivity contribution in [1.82, 2.24) is 15.5 Å². The lowest BCUT2D eigenvalue weighted by molar-refractivity contribution is -0.125. The number of carbonyl (C=O) groups is 4. The van der Waals surface area contributed by atoms with Gasteiger partial charge in [0.2, 0.25) is 18.6 Å². The molecule has 0 radical (unpaired) electrons. The van der Waals surface area contributed by atoms with Crippen LogP contribution in [0.5, 0.6) is 11.5 Å². The number of fused-ring (bicyclic) bond motifs is 1. The minimum atomic E-state index is -0.396. The van der Waals surface area contributed by atoms with Crippen molar-refractivity contribution < 1.29 is 28.7 Å². The summed E-state index contributed by atoms with van der Waals surface area (Å²) in [4.78, 5) is 49.9. The van der Waals surface area contributed by atoms with Crippen LogP contribution in [-0.2, 0) is 14.4 Å². The van der Waals surface area contributed by atoms with Crippen LogP contribution in [0.25, 0.3) is 6.08 Å². The van der Waals surface area contributed by atoms with Crippen molar-refractivity contribution in [3.05, 3.63) is 28.7 Å². The van der Waals surface area contributed by atoms with Gasteiger partial charge >= 0.3 is 0 Å². The van der Waals surface area contributed by atoms with E-state index in [4.69, 9.17) is 9.47 Å². The number of nitrogens with zero attached hydrogens (tertiary/aromatic N) is 1. The molecule has 1 saturated carbocycles. The van der Waals surface area contributed by atoms with Crippen LogP contribution in [0, 0.1) is 11.8 Å². The molecule has 2 aliphatic heterocycles. The van der Waals surface area contributed by atoms with Gasteiger partial charge in [-0.15, -0.1) is 0 Å². The van der Waals surface area contributed by atoms with E-state index in [1.165, 1.54) is 0 Å². The molecule has 1 aromatic rings. The van der Waals surface area contributed by atoms with E-state index in [1.807, 2.05) is 6.92 Å². The zero-order chi connectivity index (χ0) is 22.0. The first kappa shape index (κ1) is 21.2.